The number of aryl methyl sites for hydroxylation is 1. The number of nitrogens with zero attached hydrogens (tertiary/aromatic N) is 2. The third-order valence-corrected chi connectivity index (χ3v) is 6.53. The van der Waals surface area contributed by atoms with Gasteiger partial charge in [0.05, 0.1) is 18.9 Å². The molecular weight excluding hydrogens is 479 g/mol. The van der Waals surface area contributed by atoms with Crippen molar-refractivity contribution in [3.05, 3.63) is 59.4 Å². The lowest BCUT2D eigenvalue weighted by atomic mass is 10.00. The normalized spacial score (nSPS) is 19.2. The molecule has 4 rings (SSSR count). The van der Waals surface area contributed by atoms with Crippen molar-refractivity contribution < 1.29 is 28.2 Å². The van der Waals surface area contributed by atoms with Crippen LogP contribution in [0.1, 0.15) is 31.0 Å². The fourth-order valence-electron chi connectivity index (χ4n) is 4.50. The quantitative estimate of drug-likeness (QED) is 0.501. The van der Waals surface area contributed by atoms with E-state index in [1.165, 1.54) is 12.1 Å². The van der Waals surface area contributed by atoms with Crippen LogP contribution >= 0.6 is 0 Å². The monoisotopic (exact) mass is 512 g/mol. The molecule has 37 heavy (non-hydrogen) atoms. The van der Waals surface area contributed by atoms with E-state index in [0.29, 0.717) is 23.5 Å². The van der Waals surface area contributed by atoms with Crippen LogP contribution < -0.4 is 15.4 Å². The number of imide groups is 1. The number of rotatable bonds is 9. The van der Waals surface area contributed by atoms with Crippen molar-refractivity contribution in [2.45, 2.75) is 32.9 Å². The van der Waals surface area contributed by atoms with Gasteiger partial charge in [-0.2, -0.15) is 0 Å². The lowest BCUT2D eigenvalue weighted by Crippen LogP contribution is -2.50. The van der Waals surface area contributed by atoms with Gasteiger partial charge in [0, 0.05) is 19.6 Å². The summed E-state index contributed by atoms with van der Waals surface area (Å²) in [5.74, 6) is -1.50. The number of morpholine rings is 1. The van der Waals surface area contributed by atoms with E-state index < -0.39 is 41.7 Å². The van der Waals surface area contributed by atoms with Crippen LogP contribution in [0.2, 0.25) is 0 Å². The second-order valence-electron chi connectivity index (χ2n) is 9.62. The van der Waals surface area contributed by atoms with E-state index in [1.807, 2.05) is 0 Å². The maximum atomic E-state index is 14.3. The smallest absolute Gasteiger partial charge is 0.325 e. The molecule has 10 heteroatoms. The van der Waals surface area contributed by atoms with Crippen molar-refractivity contribution >= 4 is 23.5 Å². The summed E-state index contributed by atoms with van der Waals surface area (Å²) in [6, 6.07) is 8.68. The van der Waals surface area contributed by atoms with Crippen molar-refractivity contribution in [3.63, 3.8) is 0 Å². The summed E-state index contributed by atoms with van der Waals surface area (Å²) in [6.07, 6.45) is 0. The van der Waals surface area contributed by atoms with Gasteiger partial charge in [0.25, 0.3) is 5.91 Å². The largest absolute Gasteiger partial charge is 0.492 e. The molecule has 198 valence electrons. The van der Waals surface area contributed by atoms with Crippen LogP contribution in [0.25, 0.3) is 0 Å². The Morgan fingerprint density at radius 3 is 2.51 bits per heavy atom. The molecule has 2 aromatic rings. The highest BCUT2D eigenvalue weighted by Crippen LogP contribution is 2.28. The fraction of sp³-hybridized carbons (Fsp3) is 0.444. The summed E-state index contributed by atoms with van der Waals surface area (Å²) >= 11 is 0. The van der Waals surface area contributed by atoms with Crippen molar-refractivity contribution in [1.82, 2.24) is 15.1 Å². The first kappa shape index (κ1) is 26.6. The van der Waals surface area contributed by atoms with Crippen LogP contribution in [0.15, 0.2) is 42.5 Å². The maximum Gasteiger partial charge on any atom is 0.325 e. The number of carbonyl (C=O) groups excluding carboxylic acids is 3. The Labute approximate surface area is 215 Å². The minimum atomic E-state index is -1.11. The second kappa shape index (κ2) is 11.7. The lowest BCUT2D eigenvalue weighted by molar-refractivity contribution is -0.135. The molecule has 2 N–H and O–H groups in total. The summed E-state index contributed by atoms with van der Waals surface area (Å²) in [6.45, 7) is 9.75. The molecule has 2 aliphatic heterocycles. The molecule has 0 aliphatic carbocycles. The highest BCUT2D eigenvalue weighted by molar-refractivity contribution is 6.09. The lowest BCUT2D eigenvalue weighted by Gasteiger charge is -2.27. The van der Waals surface area contributed by atoms with Gasteiger partial charge in [-0.15, -0.1) is 0 Å². The van der Waals surface area contributed by atoms with E-state index in [0.717, 1.165) is 37.7 Å². The number of anilines is 1. The van der Waals surface area contributed by atoms with E-state index in [4.69, 9.17) is 9.47 Å². The molecule has 0 aromatic heterocycles. The van der Waals surface area contributed by atoms with Gasteiger partial charge in [0.1, 0.15) is 30.3 Å². The molecule has 2 heterocycles. The molecule has 9 nitrogen and oxygen atoms in total. The van der Waals surface area contributed by atoms with Crippen LogP contribution in [0, 0.1) is 18.7 Å². The first-order chi connectivity index (χ1) is 17.7. The first-order valence-electron chi connectivity index (χ1n) is 12.5. The van der Waals surface area contributed by atoms with Gasteiger partial charge in [0.15, 0.2) is 0 Å². The van der Waals surface area contributed by atoms with Gasteiger partial charge >= 0.3 is 6.03 Å². The SMILES string of the molecule is Cc1ccc(NC(=O)C(C(C)C)N2C(=O)NC(c3ccc(OCCN4CCOCC4)cc3)C2=O)c(F)c1. The van der Waals surface area contributed by atoms with Crippen LogP contribution in [0.3, 0.4) is 0 Å². The van der Waals surface area contributed by atoms with Crippen molar-refractivity contribution in [3.8, 4) is 5.75 Å². The van der Waals surface area contributed by atoms with Crippen molar-refractivity contribution in [1.29, 1.82) is 0 Å². The van der Waals surface area contributed by atoms with Crippen LogP contribution in [-0.2, 0) is 14.3 Å². The summed E-state index contributed by atoms with van der Waals surface area (Å²) < 4.78 is 25.5. The first-order valence-corrected chi connectivity index (χ1v) is 12.5. The highest BCUT2D eigenvalue weighted by Gasteiger charge is 2.46. The predicted octanol–water partition coefficient (Wildman–Crippen LogP) is 3.10. The summed E-state index contributed by atoms with van der Waals surface area (Å²) in [5, 5.41) is 5.20. The van der Waals surface area contributed by atoms with Crippen molar-refractivity contribution in [2.24, 2.45) is 5.92 Å². The van der Waals surface area contributed by atoms with E-state index >= 15 is 0 Å². The molecule has 2 saturated heterocycles. The maximum absolute atomic E-state index is 14.3. The summed E-state index contributed by atoms with van der Waals surface area (Å²) in [4.78, 5) is 42.4. The zero-order valence-corrected chi connectivity index (χ0v) is 21.3. The van der Waals surface area contributed by atoms with Crippen molar-refractivity contribution in [2.75, 3.05) is 44.8 Å². The number of hydrogen-bond acceptors (Lipinski definition) is 6. The minimum Gasteiger partial charge on any atom is -0.492 e. The zero-order chi connectivity index (χ0) is 26.5. The Morgan fingerprint density at radius 1 is 1.16 bits per heavy atom. The molecule has 2 atom stereocenters. The standard InChI is InChI=1S/C27H33FN4O5/c1-17(2)24(25(33)29-22-9-4-18(3)16-21(22)28)32-26(34)23(30-27(32)35)19-5-7-20(8-6-19)37-15-12-31-10-13-36-14-11-31/h4-9,16-17,23-24H,10-15H2,1-3H3,(H,29,33)(H,30,35). The molecule has 2 aromatic carbocycles. The molecule has 2 unspecified atom stereocenters. The topological polar surface area (TPSA) is 100 Å². The predicted molar refractivity (Wildman–Crippen MR) is 136 cm³/mol. The average molecular weight is 513 g/mol. The van der Waals surface area contributed by atoms with Gasteiger partial charge in [0.2, 0.25) is 5.91 Å². The number of nitrogens with one attached hydrogen (secondary N) is 2. The van der Waals surface area contributed by atoms with Gasteiger partial charge in [-0.3, -0.25) is 14.5 Å². The third kappa shape index (κ3) is 6.26. The Kier molecular flexibility index (Phi) is 8.40. The number of carbonyl (C=O) groups is 3. The second-order valence-corrected chi connectivity index (χ2v) is 9.62. The zero-order valence-electron chi connectivity index (χ0n) is 21.3. The highest BCUT2D eigenvalue weighted by atomic mass is 19.1. The Balaban J connectivity index is 1.40. The molecule has 0 saturated carbocycles. The number of ether oxygens (including phenoxy) is 2. The van der Waals surface area contributed by atoms with E-state index in [9.17, 15) is 18.8 Å². The Hall–Kier alpha value is -3.50. The molecular formula is C27H33FN4O5. The summed E-state index contributed by atoms with van der Waals surface area (Å²) in [5.41, 5.74) is 1.28. The average Bonchev–Trinajstić information content (AvgIpc) is 3.16. The number of halogens is 1. The van der Waals surface area contributed by atoms with Crippen LogP contribution in [0.4, 0.5) is 14.9 Å². The third-order valence-electron chi connectivity index (χ3n) is 6.53. The van der Waals surface area contributed by atoms with E-state index in [2.05, 4.69) is 15.5 Å². The molecule has 0 radical (unpaired) electrons. The summed E-state index contributed by atoms with van der Waals surface area (Å²) in [7, 11) is 0. The van der Waals surface area contributed by atoms with Crippen LogP contribution in [0.5, 0.6) is 5.75 Å². The molecule has 0 spiro atoms. The fourth-order valence-corrected chi connectivity index (χ4v) is 4.50. The Bertz CT molecular complexity index is 1130. The van der Waals surface area contributed by atoms with E-state index in [1.54, 1.807) is 51.1 Å². The Morgan fingerprint density at radius 2 is 1.86 bits per heavy atom. The molecule has 2 aliphatic rings. The molecule has 2 fully saturated rings. The number of urea groups is 1. The van der Waals surface area contributed by atoms with Gasteiger partial charge in [-0.05, 0) is 48.2 Å². The minimum absolute atomic E-state index is 0.00550. The van der Waals surface area contributed by atoms with Crippen LogP contribution in [-0.4, -0.2) is 73.1 Å². The molecule has 4 amide bonds. The van der Waals surface area contributed by atoms with Gasteiger partial charge in [-0.1, -0.05) is 32.0 Å². The van der Waals surface area contributed by atoms with E-state index in [-0.39, 0.29) is 5.69 Å². The number of benzene rings is 2. The van der Waals surface area contributed by atoms with Gasteiger partial charge < -0.3 is 20.1 Å². The molecule has 0 bridgehead atoms. The van der Waals surface area contributed by atoms with Gasteiger partial charge in [-0.25, -0.2) is 14.1 Å². The number of hydrogen-bond donors (Lipinski definition) is 2. The number of amides is 4.